The fraction of sp³-hybridized carbons (Fsp3) is 0.222. The average molecular weight is 441 g/mol. The molecule has 0 saturated carbocycles. The van der Waals surface area contributed by atoms with Crippen molar-refractivity contribution in [3.8, 4) is 5.75 Å². The Balaban J connectivity index is 1.67. The van der Waals surface area contributed by atoms with Gasteiger partial charge in [-0.1, -0.05) is 23.7 Å². The van der Waals surface area contributed by atoms with Gasteiger partial charge in [0.2, 0.25) is 0 Å². The number of hydrazine groups is 1. The molecule has 2 aromatic rings. The number of carbonyl (C=O) groups excluding carboxylic acids is 2. The van der Waals surface area contributed by atoms with Crippen molar-refractivity contribution >= 4 is 39.3 Å². The Morgan fingerprint density at radius 1 is 1.12 bits per heavy atom. The highest BCUT2D eigenvalue weighted by atomic mass is 79.9. The molecular formula is C18H19BrClN3O3. The minimum Gasteiger partial charge on any atom is -0.492 e. The molecule has 0 saturated heterocycles. The Morgan fingerprint density at radius 3 is 2.50 bits per heavy atom. The van der Waals surface area contributed by atoms with E-state index in [9.17, 15) is 9.59 Å². The van der Waals surface area contributed by atoms with E-state index >= 15 is 0 Å². The number of hydrogen-bond donors (Lipinski definition) is 2. The number of nitrogens with one attached hydrogen (secondary N) is 2. The Morgan fingerprint density at radius 2 is 1.81 bits per heavy atom. The number of halogens is 2. The molecule has 6 nitrogen and oxygen atoms in total. The molecule has 8 heteroatoms. The molecule has 2 rings (SSSR count). The predicted octanol–water partition coefficient (Wildman–Crippen LogP) is 2.87. The highest BCUT2D eigenvalue weighted by Crippen LogP contribution is 2.16. The molecule has 0 unspecified atom stereocenters. The number of likely N-dealkylation sites (N-methyl/N-ethyl adjacent to an activating group) is 1. The Bertz CT molecular complexity index is 756. The van der Waals surface area contributed by atoms with Gasteiger partial charge in [-0.3, -0.25) is 25.3 Å². The van der Waals surface area contributed by atoms with E-state index < -0.39 is 0 Å². The van der Waals surface area contributed by atoms with E-state index in [1.807, 2.05) is 0 Å². The topological polar surface area (TPSA) is 70.7 Å². The first-order chi connectivity index (χ1) is 12.5. The van der Waals surface area contributed by atoms with Crippen LogP contribution in [0.2, 0.25) is 5.02 Å². The highest BCUT2D eigenvalue weighted by molar-refractivity contribution is 9.10. The van der Waals surface area contributed by atoms with Gasteiger partial charge < -0.3 is 4.74 Å². The average Bonchev–Trinajstić information content (AvgIpc) is 2.62. The van der Waals surface area contributed by atoms with Gasteiger partial charge in [0.25, 0.3) is 11.8 Å². The molecule has 0 spiro atoms. The number of rotatable bonds is 7. The van der Waals surface area contributed by atoms with Crippen LogP contribution in [-0.4, -0.2) is 43.5 Å². The molecule has 2 aromatic carbocycles. The van der Waals surface area contributed by atoms with Crippen molar-refractivity contribution in [2.45, 2.75) is 0 Å². The van der Waals surface area contributed by atoms with Crippen molar-refractivity contribution in [1.29, 1.82) is 0 Å². The van der Waals surface area contributed by atoms with Crippen LogP contribution in [0.1, 0.15) is 10.4 Å². The van der Waals surface area contributed by atoms with Crippen molar-refractivity contribution in [1.82, 2.24) is 15.8 Å². The van der Waals surface area contributed by atoms with Gasteiger partial charge in [0.1, 0.15) is 12.4 Å². The van der Waals surface area contributed by atoms with Gasteiger partial charge >= 0.3 is 0 Å². The Kier molecular flexibility index (Phi) is 7.90. The normalized spacial score (nSPS) is 10.5. The summed E-state index contributed by atoms with van der Waals surface area (Å²) in [5.41, 5.74) is 5.23. The zero-order chi connectivity index (χ0) is 18.9. The summed E-state index contributed by atoms with van der Waals surface area (Å²) in [5, 5.41) is 0.649. The quantitative estimate of drug-likeness (QED) is 0.650. The largest absolute Gasteiger partial charge is 0.492 e. The highest BCUT2D eigenvalue weighted by Gasteiger charge is 2.11. The summed E-state index contributed by atoms with van der Waals surface area (Å²) in [6.07, 6.45) is 0. The lowest BCUT2D eigenvalue weighted by Crippen LogP contribution is -2.46. The van der Waals surface area contributed by atoms with E-state index in [1.54, 1.807) is 60.5 Å². The zero-order valence-electron chi connectivity index (χ0n) is 14.2. The van der Waals surface area contributed by atoms with Crippen molar-refractivity contribution in [3.05, 3.63) is 63.6 Å². The second-order valence-electron chi connectivity index (χ2n) is 5.52. The lowest BCUT2D eigenvalue weighted by Gasteiger charge is -2.17. The third kappa shape index (κ3) is 6.67. The molecule has 2 N–H and O–H groups in total. The van der Waals surface area contributed by atoms with E-state index in [1.165, 1.54) is 0 Å². The zero-order valence-corrected chi connectivity index (χ0v) is 16.5. The monoisotopic (exact) mass is 439 g/mol. The Hall–Kier alpha value is -2.09. The molecule has 0 heterocycles. The summed E-state index contributed by atoms with van der Waals surface area (Å²) in [5.74, 6) is 0.00639. The first-order valence-electron chi connectivity index (χ1n) is 7.86. The van der Waals surface area contributed by atoms with Crippen LogP contribution in [0, 0.1) is 0 Å². The molecule has 0 bridgehead atoms. The van der Waals surface area contributed by atoms with Gasteiger partial charge in [0.05, 0.1) is 12.1 Å². The first kappa shape index (κ1) is 20.2. The fourth-order valence-corrected chi connectivity index (χ4v) is 2.64. The van der Waals surface area contributed by atoms with Crippen molar-refractivity contribution in [2.75, 3.05) is 26.7 Å². The Labute approximate surface area is 165 Å². The second kappa shape index (κ2) is 10.2. The molecule has 0 aliphatic heterocycles. The van der Waals surface area contributed by atoms with Gasteiger partial charge in [-0.15, -0.1) is 0 Å². The van der Waals surface area contributed by atoms with Crippen LogP contribution in [0.15, 0.2) is 53.0 Å². The van der Waals surface area contributed by atoms with Crippen molar-refractivity contribution in [3.63, 3.8) is 0 Å². The van der Waals surface area contributed by atoms with Crippen LogP contribution < -0.4 is 15.6 Å². The molecular weight excluding hydrogens is 422 g/mol. The number of amides is 2. The molecule has 138 valence electrons. The molecule has 0 fully saturated rings. The number of nitrogens with zero attached hydrogens (tertiary/aromatic N) is 1. The number of hydrogen-bond acceptors (Lipinski definition) is 4. The summed E-state index contributed by atoms with van der Waals surface area (Å²) >= 11 is 9.11. The number of carbonyl (C=O) groups is 2. The van der Waals surface area contributed by atoms with Gasteiger partial charge in [0.15, 0.2) is 0 Å². The summed E-state index contributed by atoms with van der Waals surface area (Å²) in [6, 6.07) is 14.0. The van der Waals surface area contributed by atoms with Crippen LogP contribution in [-0.2, 0) is 4.79 Å². The van der Waals surface area contributed by atoms with Gasteiger partial charge in [0, 0.05) is 16.0 Å². The smallest absolute Gasteiger partial charge is 0.270 e. The fourth-order valence-electron chi connectivity index (χ4n) is 2.05. The molecule has 26 heavy (non-hydrogen) atoms. The maximum absolute atomic E-state index is 12.0. The molecule has 0 radical (unpaired) electrons. The van der Waals surface area contributed by atoms with E-state index in [0.717, 1.165) is 0 Å². The molecule has 2 amide bonds. The lowest BCUT2D eigenvalue weighted by molar-refractivity contribution is -0.122. The molecule has 0 aliphatic carbocycles. The van der Waals surface area contributed by atoms with E-state index in [2.05, 4.69) is 26.8 Å². The van der Waals surface area contributed by atoms with Crippen molar-refractivity contribution in [2.24, 2.45) is 0 Å². The lowest BCUT2D eigenvalue weighted by atomic mass is 10.2. The van der Waals surface area contributed by atoms with E-state index in [4.69, 9.17) is 16.3 Å². The third-order valence-electron chi connectivity index (χ3n) is 3.40. The summed E-state index contributed by atoms with van der Waals surface area (Å²) < 4.78 is 6.23. The van der Waals surface area contributed by atoms with Crippen LogP contribution >= 0.6 is 27.5 Å². The summed E-state index contributed by atoms with van der Waals surface area (Å²) in [4.78, 5) is 25.7. The maximum atomic E-state index is 12.0. The maximum Gasteiger partial charge on any atom is 0.270 e. The second-order valence-corrected chi connectivity index (χ2v) is 6.81. The minimum absolute atomic E-state index is 0.125. The van der Waals surface area contributed by atoms with Crippen LogP contribution in [0.5, 0.6) is 5.75 Å². The first-order valence-corrected chi connectivity index (χ1v) is 9.03. The van der Waals surface area contributed by atoms with E-state index in [-0.39, 0.29) is 18.4 Å². The van der Waals surface area contributed by atoms with E-state index in [0.29, 0.717) is 34.0 Å². The molecule has 0 aromatic heterocycles. The van der Waals surface area contributed by atoms with Crippen LogP contribution in [0.3, 0.4) is 0 Å². The standard InChI is InChI=1S/C18H19BrClN3O3/c1-23(10-11-26-14-8-6-13(20)7-9-14)12-17(24)21-22-18(25)15-4-2-3-5-16(15)19/h2-9H,10-12H2,1H3,(H,21,24)(H,22,25). The van der Waals surface area contributed by atoms with Gasteiger partial charge in [-0.05, 0) is 59.4 Å². The van der Waals surface area contributed by atoms with Crippen LogP contribution in [0.25, 0.3) is 0 Å². The van der Waals surface area contributed by atoms with Gasteiger partial charge in [-0.2, -0.15) is 0 Å². The SMILES string of the molecule is CN(CCOc1ccc(Cl)cc1)CC(=O)NNC(=O)c1ccccc1Br. The van der Waals surface area contributed by atoms with Crippen molar-refractivity contribution < 1.29 is 14.3 Å². The third-order valence-corrected chi connectivity index (χ3v) is 4.35. The van der Waals surface area contributed by atoms with Gasteiger partial charge in [-0.25, -0.2) is 0 Å². The van der Waals surface area contributed by atoms with Crippen LogP contribution in [0.4, 0.5) is 0 Å². The molecule has 0 atom stereocenters. The molecule has 0 aliphatic rings. The number of benzene rings is 2. The minimum atomic E-state index is -0.389. The predicted molar refractivity (Wildman–Crippen MR) is 104 cm³/mol. The summed E-state index contributed by atoms with van der Waals surface area (Å²) in [6.45, 7) is 1.10. The number of ether oxygens (including phenoxy) is 1. The summed E-state index contributed by atoms with van der Waals surface area (Å²) in [7, 11) is 1.79.